The van der Waals surface area contributed by atoms with Gasteiger partial charge in [0, 0.05) is 39.1 Å². The molecule has 8 heteroatoms. The number of likely N-dealkylation sites (N-methyl/N-ethyl adjacent to an activating group) is 1. The van der Waals surface area contributed by atoms with E-state index in [9.17, 15) is 4.79 Å². The number of carbonyl (C=O) groups excluding carboxylic acids is 1. The Balaban J connectivity index is 1.87. The van der Waals surface area contributed by atoms with Crippen molar-refractivity contribution in [3.63, 3.8) is 0 Å². The van der Waals surface area contributed by atoms with Gasteiger partial charge in [0.2, 0.25) is 0 Å². The highest BCUT2D eigenvalue weighted by Gasteiger charge is 2.31. The van der Waals surface area contributed by atoms with Crippen molar-refractivity contribution in [2.75, 3.05) is 36.9 Å². The number of halogens is 1. The van der Waals surface area contributed by atoms with Gasteiger partial charge in [0.05, 0.1) is 27.3 Å². The lowest BCUT2D eigenvalue weighted by molar-refractivity contribution is 0.0210. The monoisotopic (exact) mass is 479 g/mol. The first-order chi connectivity index (χ1) is 14.1. The summed E-state index contributed by atoms with van der Waals surface area (Å²) in [4.78, 5) is 24.5. The van der Waals surface area contributed by atoms with Crippen molar-refractivity contribution in [1.82, 2.24) is 14.9 Å². The Morgan fingerprint density at radius 3 is 2.87 bits per heavy atom. The molecular formula is C22H34BrN5O2. The van der Waals surface area contributed by atoms with E-state index < -0.39 is 5.60 Å². The van der Waals surface area contributed by atoms with E-state index in [2.05, 4.69) is 50.0 Å². The van der Waals surface area contributed by atoms with E-state index in [1.807, 2.05) is 40.2 Å². The molecule has 1 aliphatic heterocycles. The molecule has 1 aliphatic rings. The van der Waals surface area contributed by atoms with Gasteiger partial charge in [0.15, 0.2) is 0 Å². The Bertz CT molecular complexity index is 890. The number of aromatic amines is 1. The van der Waals surface area contributed by atoms with Crippen molar-refractivity contribution in [2.45, 2.75) is 59.1 Å². The number of piperidine rings is 1. The first-order valence-electron chi connectivity index (χ1n) is 10.7. The minimum atomic E-state index is -0.498. The number of pyridine rings is 1. The Kier molecular flexibility index (Phi) is 6.84. The van der Waals surface area contributed by atoms with Crippen molar-refractivity contribution in [2.24, 2.45) is 5.92 Å². The number of amides is 1. The zero-order valence-electron chi connectivity index (χ0n) is 18.9. The number of ether oxygens (including phenoxy) is 1. The molecule has 2 aromatic rings. The van der Waals surface area contributed by atoms with Crippen molar-refractivity contribution >= 4 is 44.4 Å². The van der Waals surface area contributed by atoms with E-state index in [1.54, 1.807) is 4.90 Å². The summed E-state index contributed by atoms with van der Waals surface area (Å²) in [6.07, 6.45) is 5.54. The van der Waals surface area contributed by atoms with Crippen molar-refractivity contribution in [1.29, 1.82) is 0 Å². The number of rotatable bonds is 5. The molecule has 1 unspecified atom stereocenters. The average Bonchev–Trinajstić information content (AvgIpc) is 3.07. The summed E-state index contributed by atoms with van der Waals surface area (Å²) in [6.45, 7) is 12.7. The third-order valence-electron chi connectivity index (χ3n) is 5.27. The summed E-state index contributed by atoms with van der Waals surface area (Å²) in [5.41, 5.74) is 2.55. The van der Waals surface area contributed by atoms with Crippen LogP contribution in [0, 0.1) is 5.92 Å². The fraction of sp³-hybridized carbons (Fsp3) is 0.636. The lowest BCUT2D eigenvalue weighted by Gasteiger charge is -2.39. The molecule has 0 aliphatic carbocycles. The molecule has 0 radical (unpaired) electrons. The Morgan fingerprint density at radius 1 is 1.47 bits per heavy atom. The number of H-pyrrole nitrogens is 1. The molecule has 3 rings (SSSR count). The van der Waals surface area contributed by atoms with Crippen LogP contribution in [0.1, 0.15) is 47.5 Å². The quantitative estimate of drug-likeness (QED) is 0.613. The van der Waals surface area contributed by atoms with Gasteiger partial charge in [0.1, 0.15) is 11.2 Å². The number of carbonyl (C=O) groups is 1. The highest BCUT2D eigenvalue weighted by atomic mass is 79.9. The fourth-order valence-electron chi connectivity index (χ4n) is 3.78. The minimum Gasteiger partial charge on any atom is -0.444 e. The number of hydrogen-bond acceptors (Lipinski definition) is 5. The molecule has 3 heterocycles. The molecule has 166 valence electrons. The SMILES string of the molecule is CC(C)CNc1c[nH]c2ncc(Br)c(N3CCCC(N(C)C(=O)OC(C)(C)C)C3)c12. The number of fused-ring (bicyclic) bond motifs is 1. The second-order valence-electron chi connectivity index (χ2n) is 9.49. The molecule has 1 atom stereocenters. The summed E-state index contributed by atoms with van der Waals surface area (Å²) in [5, 5.41) is 4.64. The Labute approximate surface area is 187 Å². The van der Waals surface area contributed by atoms with Crippen LogP contribution in [-0.2, 0) is 4.74 Å². The lowest BCUT2D eigenvalue weighted by atomic mass is 10.0. The maximum Gasteiger partial charge on any atom is 0.410 e. The summed E-state index contributed by atoms with van der Waals surface area (Å²) in [7, 11) is 1.84. The molecule has 1 saturated heterocycles. The van der Waals surface area contributed by atoms with Crippen LogP contribution in [0.4, 0.5) is 16.2 Å². The van der Waals surface area contributed by atoms with Crippen LogP contribution in [0.15, 0.2) is 16.9 Å². The van der Waals surface area contributed by atoms with Gasteiger partial charge in [-0.1, -0.05) is 13.8 Å². The van der Waals surface area contributed by atoms with Crippen LogP contribution in [0.5, 0.6) is 0 Å². The van der Waals surface area contributed by atoms with E-state index in [4.69, 9.17) is 4.74 Å². The molecule has 0 bridgehead atoms. The number of nitrogens with one attached hydrogen (secondary N) is 2. The van der Waals surface area contributed by atoms with Gasteiger partial charge in [-0.25, -0.2) is 9.78 Å². The first-order valence-corrected chi connectivity index (χ1v) is 11.5. The average molecular weight is 480 g/mol. The Hall–Kier alpha value is -1.96. The van der Waals surface area contributed by atoms with Crippen LogP contribution < -0.4 is 10.2 Å². The second kappa shape index (κ2) is 9.04. The first kappa shape index (κ1) is 22.7. The van der Waals surface area contributed by atoms with E-state index in [0.29, 0.717) is 5.92 Å². The van der Waals surface area contributed by atoms with E-state index in [-0.39, 0.29) is 12.1 Å². The maximum absolute atomic E-state index is 12.6. The summed E-state index contributed by atoms with van der Waals surface area (Å²) in [6, 6.07) is 0.0923. The second-order valence-corrected chi connectivity index (χ2v) is 10.3. The standard InChI is InChI=1S/C22H34BrN5O2/c1-14(2)10-24-17-12-26-20-18(17)19(16(23)11-25-20)28-9-7-8-15(13-28)27(6)21(29)30-22(3,4)5/h11-12,14-15,24H,7-10,13H2,1-6H3,(H,25,26). The zero-order valence-corrected chi connectivity index (χ0v) is 20.5. The molecule has 1 fully saturated rings. The maximum atomic E-state index is 12.6. The van der Waals surface area contributed by atoms with Gasteiger partial charge in [-0.3, -0.25) is 0 Å². The van der Waals surface area contributed by atoms with Crippen molar-refractivity contribution < 1.29 is 9.53 Å². The molecule has 1 amide bonds. The third-order valence-corrected chi connectivity index (χ3v) is 5.85. The van der Waals surface area contributed by atoms with Gasteiger partial charge in [-0.2, -0.15) is 0 Å². The molecule has 0 saturated carbocycles. The topological polar surface area (TPSA) is 73.5 Å². The largest absolute Gasteiger partial charge is 0.444 e. The summed E-state index contributed by atoms with van der Waals surface area (Å²) < 4.78 is 6.54. The van der Waals surface area contributed by atoms with E-state index in [0.717, 1.165) is 59.4 Å². The van der Waals surface area contributed by atoms with Gasteiger partial charge in [-0.15, -0.1) is 0 Å². The minimum absolute atomic E-state index is 0.0923. The van der Waals surface area contributed by atoms with Gasteiger partial charge in [0.25, 0.3) is 0 Å². The molecule has 30 heavy (non-hydrogen) atoms. The Morgan fingerprint density at radius 2 is 2.20 bits per heavy atom. The fourth-order valence-corrected chi connectivity index (χ4v) is 4.33. The smallest absolute Gasteiger partial charge is 0.410 e. The van der Waals surface area contributed by atoms with Crippen molar-refractivity contribution in [3.8, 4) is 0 Å². The molecule has 0 spiro atoms. The highest BCUT2D eigenvalue weighted by Crippen LogP contribution is 2.39. The number of hydrogen-bond donors (Lipinski definition) is 2. The number of anilines is 2. The third kappa shape index (κ3) is 5.20. The highest BCUT2D eigenvalue weighted by molar-refractivity contribution is 9.10. The lowest BCUT2D eigenvalue weighted by Crippen LogP contribution is -2.50. The van der Waals surface area contributed by atoms with Crippen LogP contribution >= 0.6 is 15.9 Å². The van der Waals surface area contributed by atoms with Crippen LogP contribution in [0.2, 0.25) is 0 Å². The molecule has 2 aromatic heterocycles. The summed E-state index contributed by atoms with van der Waals surface area (Å²) in [5.74, 6) is 0.542. The molecule has 0 aromatic carbocycles. The normalized spacial score (nSPS) is 17.5. The summed E-state index contributed by atoms with van der Waals surface area (Å²) >= 11 is 3.73. The number of nitrogens with zero attached hydrogens (tertiary/aromatic N) is 3. The zero-order chi connectivity index (χ0) is 22.1. The van der Waals surface area contributed by atoms with Crippen molar-refractivity contribution in [3.05, 3.63) is 16.9 Å². The van der Waals surface area contributed by atoms with Gasteiger partial charge < -0.3 is 24.8 Å². The van der Waals surface area contributed by atoms with Crippen LogP contribution in [0.3, 0.4) is 0 Å². The number of aromatic nitrogens is 2. The van der Waals surface area contributed by atoms with Crippen LogP contribution in [0.25, 0.3) is 11.0 Å². The van der Waals surface area contributed by atoms with Crippen LogP contribution in [-0.4, -0.2) is 59.3 Å². The van der Waals surface area contributed by atoms with Gasteiger partial charge >= 0.3 is 6.09 Å². The van der Waals surface area contributed by atoms with Gasteiger partial charge in [-0.05, 0) is 55.5 Å². The molecular weight excluding hydrogens is 446 g/mol. The molecule has 7 nitrogen and oxygen atoms in total. The predicted octanol–water partition coefficient (Wildman–Crippen LogP) is 5.23. The molecule has 2 N–H and O–H groups in total. The van der Waals surface area contributed by atoms with E-state index in [1.165, 1.54) is 0 Å². The predicted molar refractivity (Wildman–Crippen MR) is 126 cm³/mol. The van der Waals surface area contributed by atoms with E-state index >= 15 is 0 Å².